The molecule has 3 atom stereocenters. The molecule has 9 rings (SSSR count). The Morgan fingerprint density at radius 2 is 0.862 bits per heavy atom. The number of morpholine rings is 3. The maximum atomic E-state index is 12.5. The SMILES string of the molecule is CCCc1cnc(Nc2ccc([C@H]3CNCCO3)cc2)nc1.Cc1cnc(Nc2ccc([C@H]3CNCCO3)cc2)nc1.FC(F)(F)c1cnc(Nc2ccc([C@H]3CNCCO3)cc2)nc1. The quantitative estimate of drug-likeness (QED) is 0.0739. The van der Waals surface area contributed by atoms with Crippen LogP contribution in [-0.4, -0.2) is 89.0 Å². The van der Waals surface area contributed by atoms with E-state index in [1.165, 1.54) is 16.7 Å². The number of halogens is 3. The molecule has 15 nitrogen and oxygen atoms in total. The van der Waals surface area contributed by atoms with E-state index < -0.39 is 11.7 Å². The van der Waals surface area contributed by atoms with Crippen LogP contribution in [-0.2, 0) is 26.8 Å². The number of ether oxygens (including phenoxy) is 3. The maximum Gasteiger partial charge on any atom is 0.419 e. The van der Waals surface area contributed by atoms with Crippen molar-refractivity contribution in [3.63, 3.8) is 0 Å². The standard InChI is InChI=1S/C17H22N4O.C15H15F3N4O.C15H18N4O/c1-2-3-13-10-19-17(20-11-13)21-15-6-4-14(5-7-15)16-12-18-8-9-22-16;16-15(17,18)11-7-20-14(21-8-11)22-12-3-1-10(2-4-12)13-9-19-5-6-23-13;1-11-8-17-15(18-9-11)19-13-4-2-12(3-5-13)14-10-16-6-7-20-14/h4-7,10-11,16,18H,2-3,8-9,12H2,1H3,(H,19,20,21);1-4,7-8,13,19H,5-6,9H2,(H,20,21,22);2-5,8-9,14,16H,6-7,10H2,1H3,(H,17,18,19)/t16-;13-;14-/m111/s1. The van der Waals surface area contributed by atoms with Gasteiger partial charge in [-0.05, 0) is 77.6 Å². The maximum absolute atomic E-state index is 12.5. The normalized spacial score (nSPS) is 18.5. The van der Waals surface area contributed by atoms with Gasteiger partial charge in [0.2, 0.25) is 17.8 Å². The lowest BCUT2D eigenvalue weighted by molar-refractivity contribution is -0.138. The van der Waals surface area contributed by atoms with Gasteiger partial charge in [0, 0.05) is 93.5 Å². The summed E-state index contributed by atoms with van der Waals surface area (Å²) >= 11 is 0. The van der Waals surface area contributed by atoms with E-state index in [9.17, 15) is 13.2 Å². The Balaban J connectivity index is 0.000000146. The number of hydrogen-bond donors (Lipinski definition) is 6. The first-order valence-electron chi connectivity index (χ1n) is 21.7. The first-order valence-corrected chi connectivity index (χ1v) is 21.7. The topological polar surface area (TPSA) is 177 Å². The van der Waals surface area contributed by atoms with E-state index >= 15 is 0 Å². The Hall–Kier alpha value is -6.15. The molecule has 0 saturated carbocycles. The summed E-state index contributed by atoms with van der Waals surface area (Å²) in [6.07, 6.45) is 6.87. The van der Waals surface area contributed by atoms with Crippen molar-refractivity contribution in [1.29, 1.82) is 0 Å². The van der Waals surface area contributed by atoms with Gasteiger partial charge in [0.05, 0.1) is 43.7 Å². The van der Waals surface area contributed by atoms with Crippen molar-refractivity contribution in [2.45, 2.75) is 51.2 Å². The molecule has 6 N–H and O–H groups in total. The number of hydrogen-bond acceptors (Lipinski definition) is 15. The van der Waals surface area contributed by atoms with Crippen molar-refractivity contribution in [2.75, 3.05) is 75.0 Å². The third kappa shape index (κ3) is 14.7. The second-order valence-electron chi connectivity index (χ2n) is 15.5. The summed E-state index contributed by atoms with van der Waals surface area (Å²) in [6, 6.07) is 23.9. The van der Waals surface area contributed by atoms with Crippen molar-refractivity contribution in [1.82, 2.24) is 45.9 Å². The van der Waals surface area contributed by atoms with Crippen LogP contribution in [0.5, 0.6) is 0 Å². The van der Waals surface area contributed by atoms with Crippen LogP contribution in [0.3, 0.4) is 0 Å². The summed E-state index contributed by atoms with van der Waals surface area (Å²) in [4.78, 5) is 24.5. The zero-order valence-corrected chi connectivity index (χ0v) is 36.4. The van der Waals surface area contributed by atoms with Gasteiger partial charge in [-0.15, -0.1) is 0 Å². The molecule has 0 bridgehead atoms. The average molecular weight is 893 g/mol. The lowest BCUT2D eigenvalue weighted by Crippen LogP contribution is -2.33. The smallest absolute Gasteiger partial charge is 0.371 e. The Morgan fingerprint density at radius 1 is 0.523 bits per heavy atom. The molecule has 0 radical (unpaired) electrons. The Morgan fingerprint density at radius 3 is 1.17 bits per heavy atom. The summed E-state index contributed by atoms with van der Waals surface area (Å²) in [6.45, 7) is 11.5. The summed E-state index contributed by atoms with van der Waals surface area (Å²) in [7, 11) is 0. The zero-order chi connectivity index (χ0) is 45.3. The van der Waals surface area contributed by atoms with Gasteiger partial charge in [-0.2, -0.15) is 13.2 Å². The molecule has 0 aliphatic carbocycles. The first-order chi connectivity index (χ1) is 31.7. The minimum Gasteiger partial charge on any atom is -0.371 e. The molecule has 3 saturated heterocycles. The number of anilines is 6. The Bertz CT molecular complexity index is 2290. The van der Waals surface area contributed by atoms with Crippen LogP contribution in [0.15, 0.2) is 110 Å². The lowest BCUT2D eigenvalue weighted by Gasteiger charge is -2.24. The number of nitrogens with one attached hydrogen (secondary N) is 6. The van der Waals surface area contributed by atoms with Crippen LogP contribution >= 0.6 is 0 Å². The number of benzene rings is 3. The van der Waals surface area contributed by atoms with E-state index in [0.29, 0.717) is 24.2 Å². The fraction of sp³-hybridized carbons (Fsp3) is 0.362. The predicted molar refractivity (Wildman–Crippen MR) is 244 cm³/mol. The van der Waals surface area contributed by atoms with E-state index in [2.05, 4.69) is 93.0 Å². The van der Waals surface area contributed by atoms with Gasteiger partial charge in [-0.3, -0.25) is 0 Å². The van der Waals surface area contributed by atoms with Gasteiger partial charge >= 0.3 is 6.18 Å². The highest BCUT2D eigenvalue weighted by Gasteiger charge is 2.31. The van der Waals surface area contributed by atoms with Gasteiger partial charge < -0.3 is 46.1 Å². The highest BCUT2D eigenvalue weighted by molar-refractivity contribution is 5.55. The Kier molecular flexibility index (Phi) is 17.1. The third-order valence-corrected chi connectivity index (χ3v) is 10.4. The van der Waals surface area contributed by atoms with Crippen LogP contribution in [0.25, 0.3) is 0 Å². The molecule has 6 heterocycles. The molecular formula is C47H55F3N12O3. The molecule has 3 aliphatic heterocycles. The molecule has 6 aromatic rings. The fourth-order valence-corrected chi connectivity index (χ4v) is 6.90. The van der Waals surface area contributed by atoms with Crippen LogP contribution in [0, 0.1) is 6.92 Å². The average Bonchev–Trinajstić information content (AvgIpc) is 3.35. The molecule has 65 heavy (non-hydrogen) atoms. The zero-order valence-electron chi connectivity index (χ0n) is 36.4. The number of aromatic nitrogens is 6. The third-order valence-electron chi connectivity index (χ3n) is 10.4. The van der Waals surface area contributed by atoms with Crippen molar-refractivity contribution < 1.29 is 27.4 Å². The lowest BCUT2D eigenvalue weighted by atomic mass is 10.1. The van der Waals surface area contributed by atoms with Crippen LogP contribution < -0.4 is 31.9 Å². The monoisotopic (exact) mass is 892 g/mol. The van der Waals surface area contributed by atoms with Crippen molar-refractivity contribution in [3.8, 4) is 0 Å². The molecule has 3 aliphatic rings. The predicted octanol–water partition coefficient (Wildman–Crippen LogP) is 7.92. The molecule has 18 heteroatoms. The number of alkyl halides is 3. The van der Waals surface area contributed by atoms with Crippen LogP contribution in [0.1, 0.15) is 65.0 Å². The molecule has 0 spiro atoms. The van der Waals surface area contributed by atoms with Gasteiger partial charge in [0.15, 0.2) is 0 Å². The molecular weight excluding hydrogens is 838 g/mol. The highest BCUT2D eigenvalue weighted by atomic mass is 19.4. The summed E-state index contributed by atoms with van der Waals surface area (Å²) in [5.41, 5.74) is 7.41. The summed E-state index contributed by atoms with van der Waals surface area (Å²) in [5, 5.41) is 19.2. The van der Waals surface area contributed by atoms with Gasteiger partial charge in [0.25, 0.3) is 0 Å². The number of rotatable bonds is 11. The summed E-state index contributed by atoms with van der Waals surface area (Å²) < 4.78 is 54.5. The largest absolute Gasteiger partial charge is 0.419 e. The molecule has 342 valence electrons. The van der Waals surface area contributed by atoms with Gasteiger partial charge in [0.1, 0.15) is 0 Å². The molecule has 3 aromatic heterocycles. The second kappa shape index (κ2) is 23.7. The van der Waals surface area contributed by atoms with Crippen LogP contribution in [0.2, 0.25) is 0 Å². The molecule has 3 aromatic carbocycles. The van der Waals surface area contributed by atoms with Gasteiger partial charge in [-0.25, -0.2) is 29.9 Å². The first kappa shape index (κ1) is 46.8. The fourth-order valence-electron chi connectivity index (χ4n) is 6.90. The van der Waals surface area contributed by atoms with Crippen molar-refractivity contribution in [2.24, 2.45) is 0 Å². The van der Waals surface area contributed by atoms with E-state index in [1.54, 1.807) is 12.4 Å². The number of aryl methyl sites for hydroxylation is 2. The van der Waals surface area contributed by atoms with Crippen LogP contribution in [0.4, 0.5) is 48.1 Å². The van der Waals surface area contributed by atoms with Crippen molar-refractivity contribution in [3.05, 3.63) is 143 Å². The Labute approximate surface area is 376 Å². The van der Waals surface area contributed by atoms with E-state index in [-0.39, 0.29) is 24.3 Å². The minimum atomic E-state index is -4.44. The minimum absolute atomic E-state index is 0.0140. The second-order valence-corrected chi connectivity index (χ2v) is 15.5. The van der Waals surface area contributed by atoms with E-state index in [1.807, 2.05) is 67.8 Å². The molecule has 0 amide bonds. The van der Waals surface area contributed by atoms with E-state index in [4.69, 9.17) is 14.2 Å². The van der Waals surface area contributed by atoms with Crippen molar-refractivity contribution >= 4 is 34.9 Å². The molecule has 3 fully saturated rings. The number of nitrogens with zero attached hydrogens (tertiary/aromatic N) is 6. The summed E-state index contributed by atoms with van der Waals surface area (Å²) in [5.74, 6) is 1.35. The highest BCUT2D eigenvalue weighted by Crippen LogP contribution is 2.29. The molecule has 0 unspecified atom stereocenters. The van der Waals surface area contributed by atoms with E-state index in [0.717, 1.165) is 100 Å². The van der Waals surface area contributed by atoms with Gasteiger partial charge in [-0.1, -0.05) is 49.7 Å².